The predicted molar refractivity (Wildman–Crippen MR) is 106 cm³/mol. The number of nitrogens with zero attached hydrogens (tertiary/aromatic N) is 3. The quantitative estimate of drug-likeness (QED) is 0.590. The van der Waals surface area contributed by atoms with E-state index in [-0.39, 0.29) is 24.5 Å². The first-order valence-electron chi connectivity index (χ1n) is 9.18. The van der Waals surface area contributed by atoms with Crippen molar-refractivity contribution >= 4 is 5.97 Å². The smallest absolute Gasteiger partial charge is 0.306 e. The molecule has 30 heavy (non-hydrogen) atoms. The molecule has 0 fully saturated rings. The number of carbonyl (C=O) groups excluding carboxylic acids is 1. The summed E-state index contributed by atoms with van der Waals surface area (Å²) in [5.74, 6) is 0.634. The van der Waals surface area contributed by atoms with E-state index in [1.807, 2.05) is 18.2 Å². The summed E-state index contributed by atoms with van der Waals surface area (Å²) in [5.41, 5.74) is 2.24. The number of pyridine rings is 1. The van der Waals surface area contributed by atoms with Crippen LogP contribution in [0.1, 0.15) is 34.7 Å². The Labute approximate surface area is 172 Å². The molecule has 154 valence electrons. The molecular weight excluding hydrogens is 388 g/mol. The van der Waals surface area contributed by atoms with Gasteiger partial charge >= 0.3 is 5.97 Å². The van der Waals surface area contributed by atoms with Gasteiger partial charge in [0.05, 0.1) is 12.7 Å². The lowest BCUT2D eigenvalue weighted by Crippen LogP contribution is -2.17. The first-order valence-corrected chi connectivity index (χ1v) is 9.18. The lowest BCUT2D eigenvalue weighted by molar-refractivity contribution is -0.145. The Kier molecular flexibility index (Phi) is 6.27. The number of carbonyl (C=O) groups is 1. The van der Waals surface area contributed by atoms with Gasteiger partial charge in [0.25, 0.3) is 11.4 Å². The van der Waals surface area contributed by atoms with Crippen LogP contribution in [0.15, 0.2) is 33.6 Å². The number of ether oxygens (including phenoxy) is 2. The molecule has 3 rings (SSSR count). The number of nitriles is 1. The van der Waals surface area contributed by atoms with Crippen LogP contribution in [-0.2, 0) is 22.6 Å². The molecule has 0 aliphatic rings. The Hall–Kier alpha value is -3.93. The molecular formula is C21H20N4O5. The molecule has 0 atom stereocenters. The van der Waals surface area contributed by atoms with Gasteiger partial charge in [0, 0.05) is 12.1 Å². The minimum Gasteiger partial charge on any atom is -0.496 e. The highest BCUT2D eigenvalue weighted by atomic mass is 16.6. The highest BCUT2D eigenvalue weighted by Crippen LogP contribution is 2.27. The average molecular weight is 408 g/mol. The molecule has 0 aliphatic carbocycles. The zero-order valence-corrected chi connectivity index (χ0v) is 16.8. The fourth-order valence-corrected chi connectivity index (χ4v) is 3.11. The molecule has 0 bridgehead atoms. The molecule has 0 radical (unpaired) electrons. The molecule has 9 nitrogen and oxygen atoms in total. The van der Waals surface area contributed by atoms with Gasteiger partial charge in [-0.05, 0) is 43.5 Å². The van der Waals surface area contributed by atoms with Gasteiger partial charge in [0.1, 0.15) is 17.4 Å². The van der Waals surface area contributed by atoms with Crippen LogP contribution in [-0.4, -0.2) is 28.2 Å². The van der Waals surface area contributed by atoms with Crippen LogP contribution in [0, 0.1) is 25.2 Å². The van der Waals surface area contributed by atoms with Gasteiger partial charge in [-0.25, -0.2) is 0 Å². The lowest BCUT2D eigenvalue weighted by atomic mass is 9.99. The number of hydrogen-bond acceptors (Lipinski definition) is 8. The van der Waals surface area contributed by atoms with Crippen molar-refractivity contribution in [2.24, 2.45) is 0 Å². The molecule has 0 aliphatic heterocycles. The number of para-hydroxylation sites is 1. The van der Waals surface area contributed by atoms with E-state index in [2.05, 4.69) is 15.1 Å². The Morgan fingerprint density at radius 2 is 2.07 bits per heavy atom. The maximum atomic E-state index is 12.1. The van der Waals surface area contributed by atoms with E-state index >= 15 is 0 Å². The molecule has 2 aromatic heterocycles. The molecule has 0 spiro atoms. The number of aromatic nitrogens is 3. The van der Waals surface area contributed by atoms with Crippen LogP contribution in [0.3, 0.4) is 0 Å². The number of aryl methyl sites for hydroxylation is 1. The second kappa shape index (κ2) is 9.05. The number of esters is 1. The summed E-state index contributed by atoms with van der Waals surface area (Å²) in [4.78, 5) is 30.8. The van der Waals surface area contributed by atoms with Crippen molar-refractivity contribution in [2.45, 2.75) is 33.3 Å². The molecule has 0 unspecified atom stereocenters. The van der Waals surface area contributed by atoms with Crippen LogP contribution in [0.5, 0.6) is 5.75 Å². The number of H-pyrrole nitrogens is 1. The van der Waals surface area contributed by atoms with Crippen LogP contribution in [0.2, 0.25) is 0 Å². The average Bonchev–Trinajstić information content (AvgIpc) is 3.21. The third-order valence-corrected chi connectivity index (χ3v) is 4.67. The van der Waals surface area contributed by atoms with Crippen LogP contribution < -0.4 is 10.3 Å². The Morgan fingerprint density at radius 3 is 2.80 bits per heavy atom. The van der Waals surface area contributed by atoms with Gasteiger partial charge in [-0.1, -0.05) is 17.3 Å². The van der Waals surface area contributed by atoms with E-state index in [9.17, 15) is 9.59 Å². The first-order chi connectivity index (χ1) is 14.4. The number of benzene rings is 1. The highest BCUT2D eigenvalue weighted by molar-refractivity contribution is 5.70. The van der Waals surface area contributed by atoms with Gasteiger partial charge in [-0.2, -0.15) is 10.2 Å². The second-order valence-electron chi connectivity index (χ2n) is 6.54. The van der Waals surface area contributed by atoms with Crippen molar-refractivity contribution in [1.29, 1.82) is 5.26 Å². The molecule has 1 aromatic carbocycles. The largest absolute Gasteiger partial charge is 0.496 e. The number of aromatic amines is 1. The Balaban J connectivity index is 1.61. The van der Waals surface area contributed by atoms with E-state index in [0.717, 1.165) is 5.56 Å². The summed E-state index contributed by atoms with van der Waals surface area (Å²) in [6.45, 7) is 3.27. The van der Waals surface area contributed by atoms with Gasteiger partial charge in [-0.3, -0.25) is 9.59 Å². The Bertz CT molecular complexity index is 1170. The summed E-state index contributed by atoms with van der Waals surface area (Å²) in [5, 5.41) is 13.0. The summed E-state index contributed by atoms with van der Waals surface area (Å²) < 4.78 is 15.6. The predicted octanol–water partition coefficient (Wildman–Crippen LogP) is 2.60. The number of rotatable bonds is 7. The fraction of sp³-hybridized carbons (Fsp3) is 0.286. The maximum absolute atomic E-state index is 12.1. The van der Waals surface area contributed by atoms with E-state index < -0.39 is 11.5 Å². The molecule has 0 saturated carbocycles. The molecule has 3 aromatic rings. The number of methoxy groups -OCH3 is 1. The van der Waals surface area contributed by atoms with Crippen molar-refractivity contribution in [3.63, 3.8) is 0 Å². The van der Waals surface area contributed by atoms with Crippen molar-refractivity contribution in [1.82, 2.24) is 15.1 Å². The molecule has 0 amide bonds. The van der Waals surface area contributed by atoms with E-state index in [1.165, 1.54) is 0 Å². The highest BCUT2D eigenvalue weighted by Gasteiger charge is 2.16. The van der Waals surface area contributed by atoms with Crippen molar-refractivity contribution in [2.75, 3.05) is 7.11 Å². The number of nitrogens with one attached hydrogen (secondary N) is 1. The third-order valence-electron chi connectivity index (χ3n) is 4.67. The SMILES string of the molecule is COc1ccccc1-c1noc(COC(=O)CCc2c(C)[nH]c(=O)c(C#N)c2C)n1. The zero-order valence-electron chi connectivity index (χ0n) is 16.8. The summed E-state index contributed by atoms with van der Waals surface area (Å²) in [7, 11) is 1.55. The van der Waals surface area contributed by atoms with Gasteiger partial charge in [-0.15, -0.1) is 0 Å². The minimum atomic E-state index is -0.462. The minimum absolute atomic E-state index is 0.0543. The molecule has 1 N–H and O–H groups in total. The molecule has 9 heteroatoms. The topological polar surface area (TPSA) is 131 Å². The first kappa shape index (κ1) is 20.8. The fourth-order valence-electron chi connectivity index (χ4n) is 3.11. The zero-order chi connectivity index (χ0) is 21.7. The van der Waals surface area contributed by atoms with E-state index in [0.29, 0.717) is 34.8 Å². The normalized spacial score (nSPS) is 10.5. The van der Waals surface area contributed by atoms with E-state index in [4.69, 9.17) is 19.3 Å². The van der Waals surface area contributed by atoms with Gasteiger partial charge in [0.15, 0.2) is 6.61 Å². The molecule has 2 heterocycles. The standard InChI is InChI=1S/C21H20N4O5/c1-12-14(13(2)23-21(27)16(12)10-22)8-9-19(26)29-11-18-24-20(25-30-18)15-6-4-5-7-17(15)28-3/h4-7H,8-9,11H2,1-3H3,(H,23,27). The summed E-state index contributed by atoms with van der Waals surface area (Å²) in [6.07, 6.45) is 0.407. The Morgan fingerprint density at radius 1 is 1.30 bits per heavy atom. The van der Waals surface area contributed by atoms with Gasteiger partial charge in [0.2, 0.25) is 5.82 Å². The maximum Gasteiger partial charge on any atom is 0.306 e. The monoisotopic (exact) mass is 408 g/mol. The van der Waals surface area contributed by atoms with Crippen molar-refractivity contribution < 1.29 is 18.8 Å². The summed E-state index contributed by atoms with van der Waals surface area (Å²) in [6, 6.07) is 9.13. The van der Waals surface area contributed by atoms with Gasteiger partial charge < -0.3 is 19.0 Å². The van der Waals surface area contributed by atoms with Crippen molar-refractivity contribution in [3.05, 3.63) is 62.9 Å². The summed E-state index contributed by atoms with van der Waals surface area (Å²) >= 11 is 0. The second-order valence-corrected chi connectivity index (χ2v) is 6.54. The molecule has 0 saturated heterocycles. The van der Waals surface area contributed by atoms with Crippen LogP contribution >= 0.6 is 0 Å². The number of hydrogen-bond donors (Lipinski definition) is 1. The lowest BCUT2D eigenvalue weighted by Gasteiger charge is -2.10. The van der Waals surface area contributed by atoms with E-state index in [1.54, 1.807) is 33.1 Å². The van der Waals surface area contributed by atoms with Crippen LogP contribution in [0.25, 0.3) is 11.4 Å². The van der Waals surface area contributed by atoms with Crippen molar-refractivity contribution in [3.8, 4) is 23.2 Å². The van der Waals surface area contributed by atoms with Crippen LogP contribution in [0.4, 0.5) is 0 Å². The third kappa shape index (κ3) is 4.38.